The number of fused-ring (bicyclic) bond motifs is 2. The lowest BCUT2D eigenvalue weighted by Crippen LogP contribution is -2.29. The van der Waals surface area contributed by atoms with E-state index in [2.05, 4.69) is 10.3 Å². The zero-order chi connectivity index (χ0) is 20.9. The predicted molar refractivity (Wildman–Crippen MR) is 113 cm³/mol. The van der Waals surface area contributed by atoms with Gasteiger partial charge in [-0.2, -0.15) is 0 Å². The number of nitrogens with one attached hydrogen (secondary N) is 1. The van der Waals surface area contributed by atoms with Crippen molar-refractivity contribution in [1.29, 1.82) is 0 Å². The smallest absolute Gasteiger partial charge is 0.270 e. The van der Waals surface area contributed by atoms with Gasteiger partial charge in [0, 0.05) is 47.4 Å². The fourth-order valence-corrected chi connectivity index (χ4v) is 3.32. The van der Waals surface area contributed by atoms with Crippen molar-refractivity contribution in [3.8, 4) is 5.75 Å². The number of amides is 1. The molecule has 1 N–H and O–H groups in total. The molecule has 8 heteroatoms. The molecule has 0 aliphatic rings. The number of ether oxygens (including phenoxy) is 1. The van der Waals surface area contributed by atoms with Crippen LogP contribution in [0.15, 0.2) is 67.0 Å². The quantitative estimate of drug-likeness (QED) is 0.274. The normalized spacial score (nSPS) is 10.9. The van der Waals surface area contributed by atoms with E-state index in [1.807, 2.05) is 30.3 Å². The predicted octanol–water partition coefficient (Wildman–Crippen LogP) is 3.68. The molecule has 0 bridgehead atoms. The van der Waals surface area contributed by atoms with Gasteiger partial charge in [-0.25, -0.2) is 0 Å². The lowest BCUT2D eigenvalue weighted by atomic mass is 10.2. The van der Waals surface area contributed by atoms with E-state index in [0.717, 1.165) is 27.6 Å². The Kier molecular flexibility index (Phi) is 5.56. The molecule has 0 fully saturated rings. The summed E-state index contributed by atoms with van der Waals surface area (Å²) < 4.78 is 7.59. The molecule has 0 unspecified atom stereocenters. The summed E-state index contributed by atoms with van der Waals surface area (Å²) in [5.74, 6) is 0.602. The molecule has 0 aliphatic heterocycles. The number of pyridine rings is 1. The van der Waals surface area contributed by atoms with Crippen LogP contribution in [0.2, 0.25) is 0 Å². The Labute approximate surface area is 172 Å². The number of non-ortho nitro benzene ring substituents is 1. The van der Waals surface area contributed by atoms with E-state index in [0.29, 0.717) is 19.6 Å². The monoisotopic (exact) mass is 404 g/mol. The van der Waals surface area contributed by atoms with E-state index in [9.17, 15) is 14.9 Å². The van der Waals surface area contributed by atoms with Gasteiger partial charge in [0.25, 0.3) is 5.69 Å². The van der Waals surface area contributed by atoms with Gasteiger partial charge in [-0.05, 0) is 30.7 Å². The second kappa shape index (κ2) is 8.60. The van der Waals surface area contributed by atoms with Gasteiger partial charge in [-0.1, -0.05) is 18.2 Å². The van der Waals surface area contributed by atoms with Crippen molar-refractivity contribution < 1.29 is 14.5 Å². The number of nitro groups is 1. The molecule has 2 aromatic carbocycles. The third-order valence-electron chi connectivity index (χ3n) is 4.78. The molecule has 0 saturated carbocycles. The minimum Gasteiger partial charge on any atom is -0.491 e. The molecule has 30 heavy (non-hydrogen) atoms. The summed E-state index contributed by atoms with van der Waals surface area (Å²) >= 11 is 0. The SMILES string of the molecule is O=C(Cn1ccc2cc([N+](=O)[O-])ccc21)NCCCOc1cccc2cccnc12. The van der Waals surface area contributed by atoms with E-state index in [-0.39, 0.29) is 18.1 Å². The zero-order valence-electron chi connectivity index (χ0n) is 16.2. The van der Waals surface area contributed by atoms with Crippen LogP contribution in [0, 0.1) is 10.1 Å². The molecule has 0 spiro atoms. The summed E-state index contributed by atoms with van der Waals surface area (Å²) in [6.45, 7) is 1.10. The van der Waals surface area contributed by atoms with Crippen LogP contribution >= 0.6 is 0 Å². The largest absolute Gasteiger partial charge is 0.491 e. The van der Waals surface area contributed by atoms with Crippen LogP contribution in [0.4, 0.5) is 5.69 Å². The third-order valence-corrected chi connectivity index (χ3v) is 4.78. The molecular formula is C22H20N4O4. The van der Waals surface area contributed by atoms with E-state index in [1.54, 1.807) is 29.1 Å². The lowest BCUT2D eigenvalue weighted by molar-refractivity contribution is -0.384. The average molecular weight is 404 g/mol. The van der Waals surface area contributed by atoms with Crippen molar-refractivity contribution in [1.82, 2.24) is 14.9 Å². The van der Waals surface area contributed by atoms with Gasteiger partial charge in [-0.3, -0.25) is 19.9 Å². The number of rotatable bonds is 8. The maximum absolute atomic E-state index is 12.2. The number of hydrogen-bond acceptors (Lipinski definition) is 5. The van der Waals surface area contributed by atoms with Crippen LogP contribution in [-0.4, -0.2) is 33.5 Å². The molecule has 0 atom stereocenters. The van der Waals surface area contributed by atoms with Crippen molar-refractivity contribution in [2.24, 2.45) is 0 Å². The molecule has 2 heterocycles. The van der Waals surface area contributed by atoms with Crippen LogP contribution in [0.1, 0.15) is 6.42 Å². The van der Waals surface area contributed by atoms with E-state index in [4.69, 9.17) is 4.74 Å². The maximum Gasteiger partial charge on any atom is 0.270 e. The Hall–Kier alpha value is -3.94. The Morgan fingerprint density at radius 2 is 2.00 bits per heavy atom. The van der Waals surface area contributed by atoms with Gasteiger partial charge < -0.3 is 14.6 Å². The number of para-hydroxylation sites is 1. The van der Waals surface area contributed by atoms with Crippen molar-refractivity contribution in [3.63, 3.8) is 0 Å². The summed E-state index contributed by atoms with van der Waals surface area (Å²) in [4.78, 5) is 27.0. The zero-order valence-corrected chi connectivity index (χ0v) is 16.2. The Morgan fingerprint density at radius 3 is 2.87 bits per heavy atom. The van der Waals surface area contributed by atoms with Gasteiger partial charge in [0.1, 0.15) is 17.8 Å². The Bertz CT molecular complexity index is 1210. The highest BCUT2D eigenvalue weighted by Crippen LogP contribution is 2.23. The van der Waals surface area contributed by atoms with Crippen LogP contribution in [-0.2, 0) is 11.3 Å². The minimum atomic E-state index is -0.431. The summed E-state index contributed by atoms with van der Waals surface area (Å²) in [7, 11) is 0. The second-order valence-electron chi connectivity index (χ2n) is 6.83. The summed E-state index contributed by atoms with van der Waals surface area (Å²) in [5.41, 5.74) is 1.64. The number of nitro benzene ring substituents is 1. The van der Waals surface area contributed by atoms with E-state index >= 15 is 0 Å². The first kappa shape index (κ1) is 19.4. The number of carbonyl (C=O) groups is 1. The molecule has 2 aromatic heterocycles. The molecule has 0 aliphatic carbocycles. The van der Waals surface area contributed by atoms with E-state index in [1.165, 1.54) is 12.1 Å². The molecule has 4 rings (SSSR count). The number of carbonyl (C=O) groups excluding carboxylic acids is 1. The maximum atomic E-state index is 12.2. The first-order valence-electron chi connectivity index (χ1n) is 9.58. The van der Waals surface area contributed by atoms with Gasteiger partial charge in [0.05, 0.1) is 11.5 Å². The lowest BCUT2D eigenvalue weighted by Gasteiger charge is -2.10. The fraction of sp³-hybridized carbons (Fsp3) is 0.182. The van der Waals surface area contributed by atoms with Crippen molar-refractivity contribution >= 4 is 33.4 Å². The number of hydrogen-bond donors (Lipinski definition) is 1. The number of nitrogens with zero attached hydrogens (tertiary/aromatic N) is 3. The standard InChI is InChI=1S/C22H20N4O4/c27-21(15-25-12-9-17-14-18(26(28)29)7-8-19(17)25)23-11-3-13-30-20-6-1-4-16-5-2-10-24-22(16)20/h1-2,4-10,12,14H,3,11,13,15H2,(H,23,27). The van der Waals surface area contributed by atoms with Crippen LogP contribution in [0.3, 0.4) is 0 Å². The van der Waals surface area contributed by atoms with Crippen LogP contribution < -0.4 is 10.1 Å². The Morgan fingerprint density at radius 1 is 1.13 bits per heavy atom. The first-order chi connectivity index (χ1) is 14.6. The summed E-state index contributed by atoms with van der Waals surface area (Å²) in [6, 6.07) is 16.0. The van der Waals surface area contributed by atoms with Crippen molar-refractivity contribution in [2.75, 3.05) is 13.2 Å². The van der Waals surface area contributed by atoms with E-state index < -0.39 is 4.92 Å². The van der Waals surface area contributed by atoms with Gasteiger partial charge >= 0.3 is 0 Å². The van der Waals surface area contributed by atoms with Crippen molar-refractivity contribution in [2.45, 2.75) is 13.0 Å². The molecule has 4 aromatic rings. The fourth-order valence-electron chi connectivity index (χ4n) is 3.32. The third kappa shape index (κ3) is 4.22. The average Bonchev–Trinajstić information content (AvgIpc) is 3.15. The molecule has 0 radical (unpaired) electrons. The summed E-state index contributed by atoms with van der Waals surface area (Å²) in [6.07, 6.45) is 4.15. The molecule has 8 nitrogen and oxygen atoms in total. The van der Waals surface area contributed by atoms with Gasteiger partial charge in [-0.15, -0.1) is 0 Å². The highest BCUT2D eigenvalue weighted by atomic mass is 16.6. The minimum absolute atomic E-state index is 0.0334. The molecular weight excluding hydrogens is 384 g/mol. The molecule has 0 saturated heterocycles. The highest BCUT2D eigenvalue weighted by Gasteiger charge is 2.10. The first-order valence-corrected chi connectivity index (χ1v) is 9.58. The topological polar surface area (TPSA) is 99.3 Å². The van der Waals surface area contributed by atoms with Gasteiger partial charge in [0.2, 0.25) is 5.91 Å². The van der Waals surface area contributed by atoms with Crippen LogP contribution in [0.25, 0.3) is 21.8 Å². The van der Waals surface area contributed by atoms with Crippen molar-refractivity contribution in [3.05, 3.63) is 77.1 Å². The number of aromatic nitrogens is 2. The molecule has 1 amide bonds. The summed E-state index contributed by atoms with van der Waals surface area (Å²) in [5, 5.41) is 15.5. The molecule has 152 valence electrons. The highest BCUT2D eigenvalue weighted by molar-refractivity contribution is 5.85. The van der Waals surface area contributed by atoms with Crippen LogP contribution in [0.5, 0.6) is 5.75 Å². The second-order valence-corrected chi connectivity index (χ2v) is 6.83. The Balaban J connectivity index is 1.26. The number of benzene rings is 2. The van der Waals surface area contributed by atoms with Gasteiger partial charge in [0.15, 0.2) is 0 Å².